The molecule has 1 aliphatic carbocycles. The number of carbonyl (C=O) groups is 2. The molecule has 0 saturated carbocycles. The number of allylic oxidation sites excluding steroid dienone is 2. The summed E-state index contributed by atoms with van der Waals surface area (Å²) in [5.74, 6) is -3.07. The van der Waals surface area contributed by atoms with Crippen molar-refractivity contribution in [3.05, 3.63) is 80.9 Å². The number of aliphatic hydroxyl groups excluding tert-OH is 2. The minimum Gasteiger partial charge on any atom is -0.507 e. The normalized spacial score (nSPS) is 22.1. The van der Waals surface area contributed by atoms with Crippen LogP contribution in [0.4, 0.5) is 11.4 Å². The molecule has 1 saturated heterocycles. The smallest absolute Gasteiger partial charge is 0.271 e. The third kappa shape index (κ3) is 5.71. The fourth-order valence-electron chi connectivity index (χ4n) is 6.20. The van der Waals surface area contributed by atoms with Gasteiger partial charge in [0.1, 0.15) is 5.75 Å². The average molecular weight is 549 g/mol. The first-order valence-corrected chi connectivity index (χ1v) is 13.8. The Hall–Kier alpha value is -3.82. The zero-order valence-corrected chi connectivity index (χ0v) is 22.8. The lowest BCUT2D eigenvalue weighted by Gasteiger charge is -2.36. The zero-order valence-electron chi connectivity index (χ0n) is 22.8. The third-order valence-corrected chi connectivity index (χ3v) is 8.07. The number of hydrogen-bond acceptors (Lipinski definition) is 7. The number of carbonyl (C=O) groups excluding carboxylic acids is 2. The van der Waals surface area contributed by atoms with Crippen LogP contribution in [-0.2, 0) is 9.59 Å². The van der Waals surface area contributed by atoms with Gasteiger partial charge in [0, 0.05) is 23.6 Å². The predicted octanol–water partition coefficient (Wildman–Crippen LogP) is 5.15. The molecule has 0 bridgehead atoms. The maximum atomic E-state index is 13.6. The highest BCUT2D eigenvalue weighted by atomic mass is 16.6. The second-order valence-electron chi connectivity index (χ2n) is 10.5. The minimum atomic E-state index is -0.924. The number of phenols is 1. The maximum Gasteiger partial charge on any atom is 0.271 e. The first kappa shape index (κ1) is 29.2. The molecular weight excluding hydrogens is 512 g/mol. The van der Waals surface area contributed by atoms with Gasteiger partial charge in [-0.15, -0.1) is 0 Å². The van der Waals surface area contributed by atoms with E-state index >= 15 is 0 Å². The number of rotatable bonds is 11. The van der Waals surface area contributed by atoms with Crippen molar-refractivity contribution in [1.82, 2.24) is 0 Å². The number of para-hydroxylation sites is 1. The number of fused-ring (bicyclic) bond motifs is 1. The number of phenolic OH excluding ortho intramolecular Hbond substituents is 1. The summed E-state index contributed by atoms with van der Waals surface area (Å²) >= 11 is 0. The van der Waals surface area contributed by atoms with Gasteiger partial charge in [-0.05, 0) is 49.8 Å². The van der Waals surface area contributed by atoms with E-state index in [9.17, 15) is 35.0 Å². The van der Waals surface area contributed by atoms with E-state index < -0.39 is 47.2 Å². The van der Waals surface area contributed by atoms with Gasteiger partial charge in [-0.25, -0.2) is 4.90 Å². The van der Waals surface area contributed by atoms with Gasteiger partial charge in [-0.1, -0.05) is 61.8 Å². The molecule has 1 aliphatic heterocycles. The van der Waals surface area contributed by atoms with Gasteiger partial charge in [0.2, 0.25) is 11.8 Å². The number of imide groups is 1. The van der Waals surface area contributed by atoms with Crippen molar-refractivity contribution in [3.63, 3.8) is 0 Å². The molecule has 9 heteroatoms. The number of hydrogen-bond donors (Lipinski definition) is 3. The van der Waals surface area contributed by atoms with Gasteiger partial charge in [0.15, 0.2) is 0 Å². The largest absolute Gasteiger partial charge is 0.507 e. The predicted molar refractivity (Wildman–Crippen MR) is 151 cm³/mol. The number of non-ortho nitro benzene ring substituents is 1. The quantitative estimate of drug-likeness (QED) is 0.153. The number of amides is 2. The molecule has 2 aromatic carbocycles. The molecule has 0 spiro atoms. The topological polar surface area (TPSA) is 141 Å². The highest BCUT2D eigenvalue weighted by Crippen LogP contribution is 2.48. The summed E-state index contributed by atoms with van der Waals surface area (Å²) in [5, 5.41) is 43.4. The van der Waals surface area contributed by atoms with Crippen molar-refractivity contribution in [1.29, 1.82) is 0 Å². The van der Waals surface area contributed by atoms with Crippen LogP contribution < -0.4 is 4.90 Å². The molecule has 0 radical (unpaired) electrons. The van der Waals surface area contributed by atoms with Gasteiger partial charge in [0.05, 0.1) is 35.2 Å². The van der Waals surface area contributed by atoms with E-state index in [1.54, 1.807) is 12.1 Å². The first-order valence-electron chi connectivity index (χ1n) is 13.8. The second-order valence-corrected chi connectivity index (χ2v) is 10.5. The molecule has 1 heterocycles. The van der Waals surface area contributed by atoms with E-state index in [1.165, 1.54) is 24.3 Å². The fraction of sp³-hybridized carbons (Fsp3) is 0.419. The van der Waals surface area contributed by atoms with Crippen LogP contribution in [0.5, 0.6) is 5.75 Å². The molecule has 2 aliphatic rings. The van der Waals surface area contributed by atoms with Crippen LogP contribution in [0, 0.1) is 27.9 Å². The van der Waals surface area contributed by atoms with Crippen molar-refractivity contribution in [2.24, 2.45) is 17.8 Å². The summed E-state index contributed by atoms with van der Waals surface area (Å²) in [6.45, 7) is 3.58. The standard InChI is InChI=1S/C31H36N2O7/c1-3-8-19(15-21-9-5-6-12-26(21)35)13-14-27(36)28-20(4-2)16-24-29(25(28)18-34)31(38)32(30(24)37)22-10-7-11-23(17-22)33(39)40/h5-7,9-12,15,17,24-25,27,29,34-36H,3-4,8,13-14,16,18H2,1-2H3/b19-15+/t24-,25+,27-,29-/m1/s1. The Morgan fingerprint density at radius 3 is 2.52 bits per heavy atom. The van der Waals surface area contributed by atoms with Crippen molar-refractivity contribution < 1.29 is 29.8 Å². The Kier molecular flexibility index (Phi) is 9.17. The van der Waals surface area contributed by atoms with Gasteiger partial charge < -0.3 is 15.3 Å². The van der Waals surface area contributed by atoms with Crippen molar-refractivity contribution >= 4 is 29.3 Å². The average Bonchev–Trinajstić information content (AvgIpc) is 3.20. The number of benzene rings is 2. The number of aliphatic hydroxyl groups is 2. The van der Waals surface area contributed by atoms with Crippen LogP contribution in [0.2, 0.25) is 0 Å². The molecule has 0 aromatic heterocycles. The van der Waals surface area contributed by atoms with Crippen LogP contribution in [-0.4, -0.2) is 44.8 Å². The highest BCUT2D eigenvalue weighted by Gasteiger charge is 2.55. The number of anilines is 1. The molecule has 1 fully saturated rings. The van der Waals surface area contributed by atoms with Crippen LogP contribution in [0.15, 0.2) is 65.3 Å². The highest BCUT2D eigenvalue weighted by molar-refractivity contribution is 6.22. The fourth-order valence-corrected chi connectivity index (χ4v) is 6.20. The summed E-state index contributed by atoms with van der Waals surface area (Å²) in [6, 6.07) is 12.5. The van der Waals surface area contributed by atoms with E-state index in [-0.39, 0.29) is 23.5 Å². The molecule has 2 aromatic rings. The zero-order chi connectivity index (χ0) is 29.0. The van der Waals surface area contributed by atoms with E-state index in [2.05, 4.69) is 6.92 Å². The number of nitro benzene ring substituents is 1. The van der Waals surface area contributed by atoms with Crippen LogP contribution in [0.1, 0.15) is 57.9 Å². The molecule has 9 nitrogen and oxygen atoms in total. The Bertz CT molecular complexity index is 1350. The van der Waals surface area contributed by atoms with Gasteiger partial charge in [-0.2, -0.15) is 0 Å². The monoisotopic (exact) mass is 548 g/mol. The third-order valence-electron chi connectivity index (χ3n) is 8.07. The Labute approximate surface area is 233 Å². The molecule has 4 rings (SSSR count). The van der Waals surface area contributed by atoms with Gasteiger partial charge in [-0.3, -0.25) is 19.7 Å². The van der Waals surface area contributed by atoms with E-state index in [0.29, 0.717) is 30.4 Å². The lowest BCUT2D eigenvalue weighted by atomic mass is 9.67. The molecule has 2 amide bonds. The molecule has 4 atom stereocenters. The summed E-state index contributed by atoms with van der Waals surface area (Å²) < 4.78 is 0. The first-order chi connectivity index (χ1) is 19.2. The number of nitrogens with zero attached hydrogens (tertiary/aromatic N) is 2. The molecular formula is C31H36N2O7. The van der Waals surface area contributed by atoms with Crippen molar-refractivity contribution in [2.45, 2.75) is 58.5 Å². The van der Waals surface area contributed by atoms with E-state index in [4.69, 9.17) is 0 Å². The molecule has 40 heavy (non-hydrogen) atoms. The molecule has 3 N–H and O–H groups in total. The molecule has 0 unspecified atom stereocenters. The van der Waals surface area contributed by atoms with E-state index in [0.717, 1.165) is 28.9 Å². The lowest BCUT2D eigenvalue weighted by molar-refractivity contribution is -0.384. The Morgan fingerprint density at radius 2 is 1.88 bits per heavy atom. The SMILES string of the molecule is CCC/C(=C\c1ccccc1O)CC[C@@H](O)C1=C(CC)C[C@H]2C(=O)N(c3cccc([N+](=O)[O-])c3)C(=O)[C@H]2[C@H]1CO. The van der Waals surface area contributed by atoms with Gasteiger partial charge >= 0.3 is 0 Å². The van der Waals surface area contributed by atoms with Crippen LogP contribution in [0.25, 0.3) is 6.08 Å². The van der Waals surface area contributed by atoms with Crippen molar-refractivity contribution in [3.8, 4) is 5.75 Å². The Morgan fingerprint density at radius 1 is 1.12 bits per heavy atom. The van der Waals surface area contributed by atoms with Gasteiger partial charge in [0.25, 0.3) is 5.69 Å². The number of nitro groups is 1. The van der Waals surface area contributed by atoms with Crippen LogP contribution >= 0.6 is 0 Å². The minimum absolute atomic E-state index is 0.133. The molecule has 212 valence electrons. The Balaban J connectivity index is 1.60. The lowest BCUT2D eigenvalue weighted by Crippen LogP contribution is -2.39. The summed E-state index contributed by atoms with van der Waals surface area (Å²) in [5.41, 5.74) is 3.16. The van der Waals surface area contributed by atoms with Crippen LogP contribution in [0.3, 0.4) is 0 Å². The summed E-state index contributed by atoms with van der Waals surface area (Å²) in [7, 11) is 0. The summed E-state index contributed by atoms with van der Waals surface area (Å²) in [4.78, 5) is 38.8. The van der Waals surface area contributed by atoms with Crippen molar-refractivity contribution in [2.75, 3.05) is 11.5 Å². The van der Waals surface area contributed by atoms with E-state index in [1.807, 2.05) is 25.1 Å². The second kappa shape index (κ2) is 12.6. The maximum absolute atomic E-state index is 13.6. The number of aromatic hydroxyl groups is 1. The summed E-state index contributed by atoms with van der Waals surface area (Å²) in [6.07, 6.45) is 4.47.